The molecule has 2 atom stereocenters. The van der Waals surface area contributed by atoms with Crippen LogP contribution in [0, 0.1) is 17.0 Å². The average Bonchev–Trinajstić information content (AvgIpc) is 2.78. The lowest BCUT2D eigenvalue weighted by Crippen LogP contribution is -2.92. The Morgan fingerprint density at radius 2 is 1.68 bits per heavy atom. The zero-order valence-corrected chi connectivity index (χ0v) is 17.7. The van der Waals surface area contributed by atoms with Crippen LogP contribution in [0.15, 0.2) is 72.8 Å². The van der Waals surface area contributed by atoms with Gasteiger partial charge in [-0.3, -0.25) is 14.9 Å². The third kappa shape index (κ3) is 5.46. The summed E-state index contributed by atoms with van der Waals surface area (Å²) in [7, 11) is 1.41. The van der Waals surface area contributed by atoms with E-state index in [1.54, 1.807) is 0 Å². The lowest BCUT2D eigenvalue weighted by molar-refractivity contribution is -0.704. The zero-order valence-electron chi connectivity index (χ0n) is 17.7. The minimum atomic E-state index is -0.503. The minimum absolute atomic E-state index is 0.0543. The molecule has 7 heteroatoms. The molecule has 0 unspecified atom stereocenters. The van der Waals surface area contributed by atoms with Gasteiger partial charge in [0, 0.05) is 17.2 Å². The van der Waals surface area contributed by atoms with Crippen molar-refractivity contribution in [1.82, 2.24) is 0 Å². The molecule has 3 rings (SSSR count). The first-order valence-corrected chi connectivity index (χ1v) is 9.99. The maximum Gasteiger partial charge on any atom is 0.282 e. The first kappa shape index (κ1) is 22.0. The van der Waals surface area contributed by atoms with E-state index in [2.05, 4.69) is 29.6 Å². The van der Waals surface area contributed by atoms with Crippen molar-refractivity contribution in [3.8, 4) is 5.75 Å². The number of hydrogen-bond acceptors (Lipinski definition) is 4. The van der Waals surface area contributed by atoms with Crippen LogP contribution in [0.5, 0.6) is 5.75 Å². The van der Waals surface area contributed by atoms with E-state index >= 15 is 0 Å². The standard InChI is InChI=1S/C24H25N3O4/c1-16-9-11-19(12-10-16)23(18-7-5-4-6-8-18)25-17(2)24(28)26-21-14-13-20(27(29)30)15-22(21)31-3/h4-15,17,23,25H,1-3H3,(H,26,28)/p+1/t17-,23+/m0/s1. The van der Waals surface area contributed by atoms with E-state index in [-0.39, 0.29) is 23.4 Å². The van der Waals surface area contributed by atoms with Crippen molar-refractivity contribution >= 4 is 17.3 Å². The number of rotatable bonds is 8. The molecule has 160 valence electrons. The first-order chi connectivity index (χ1) is 14.9. The molecule has 0 aliphatic rings. The molecule has 0 fully saturated rings. The Kier molecular flexibility index (Phi) is 6.99. The van der Waals surface area contributed by atoms with Crippen LogP contribution in [0.2, 0.25) is 0 Å². The number of amides is 1. The van der Waals surface area contributed by atoms with Crippen LogP contribution in [0.3, 0.4) is 0 Å². The lowest BCUT2D eigenvalue weighted by atomic mass is 9.97. The number of carbonyl (C=O) groups excluding carboxylic acids is 1. The number of ether oxygens (including phenoxy) is 1. The number of non-ortho nitro benzene ring substituents is 1. The number of quaternary nitrogens is 1. The highest BCUT2D eigenvalue weighted by Crippen LogP contribution is 2.29. The lowest BCUT2D eigenvalue weighted by Gasteiger charge is -2.21. The van der Waals surface area contributed by atoms with E-state index in [0.29, 0.717) is 5.69 Å². The quantitative estimate of drug-likeness (QED) is 0.430. The number of aryl methyl sites for hydroxylation is 1. The number of methoxy groups -OCH3 is 1. The van der Waals surface area contributed by atoms with E-state index in [1.165, 1.54) is 30.9 Å². The van der Waals surface area contributed by atoms with Crippen LogP contribution in [0.4, 0.5) is 11.4 Å². The highest BCUT2D eigenvalue weighted by Gasteiger charge is 2.25. The number of hydrogen-bond donors (Lipinski definition) is 2. The van der Waals surface area contributed by atoms with Gasteiger partial charge < -0.3 is 15.4 Å². The Morgan fingerprint density at radius 1 is 1.03 bits per heavy atom. The fourth-order valence-corrected chi connectivity index (χ4v) is 3.37. The molecule has 0 aromatic heterocycles. The zero-order chi connectivity index (χ0) is 22.4. The maximum atomic E-state index is 12.9. The van der Waals surface area contributed by atoms with Crippen molar-refractivity contribution in [3.63, 3.8) is 0 Å². The van der Waals surface area contributed by atoms with Crippen molar-refractivity contribution in [2.45, 2.75) is 25.9 Å². The summed E-state index contributed by atoms with van der Waals surface area (Å²) < 4.78 is 5.22. The second-order valence-electron chi connectivity index (χ2n) is 7.41. The second-order valence-corrected chi connectivity index (χ2v) is 7.41. The number of nitrogens with zero attached hydrogens (tertiary/aromatic N) is 1. The molecule has 7 nitrogen and oxygen atoms in total. The summed E-state index contributed by atoms with van der Waals surface area (Å²) in [4.78, 5) is 23.4. The summed E-state index contributed by atoms with van der Waals surface area (Å²) in [6.45, 7) is 3.87. The van der Waals surface area contributed by atoms with Gasteiger partial charge in [0.05, 0.1) is 23.8 Å². The van der Waals surface area contributed by atoms with Gasteiger partial charge in [-0.2, -0.15) is 0 Å². The summed E-state index contributed by atoms with van der Waals surface area (Å²) >= 11 is 0. The molecule has 0 saturated heterocycles. The number of carbonyl (C=O) groups is 1. The molecule has 3 aromatic carbocycles. The molecule has 0 aliphatic heterocycles. The largest absolute Gasteiger partial charge is 0.494 e. The fraction of sp³-hybridized carbons (Fsp3) is 0.208. The third-order valence-electron chi connectivity index (χ3n) is 5.14. The number of benzene rings is 3. The van der Waals surface area contributed by atoms with Gasteiger partial charge in [-0.15, -0.1) is 0 Å². The van der Waals surface area contributed by atoms with Crippen molar-refractivity contribution in [2.75, 3.05) is 12.4 Å². The van der Waals surface area contributed by atoms with Gasteiger partial charge in [-0.05, 0) is 19.9 Å². The monoisotopic (exact) mass is 420 g/mol. The van der Waals surface area contributed by atoms with E-state index < -0.39 is 11.0 Å². The smallest absolute Gasteiger partial charge is 0.282 e. The summed E-state index contributed by atoms with van der Waals surface area (Å²) in [6, 6.07) is 21.9. The number of anilines is 1. The molecule has 31 heavy (non-hydrogen) atoms. The van der Waals surface area contributed by atoms with E-state index in [1.807, 2.05) is 49.5 Å². The summed E-state index contributed by atoms with van der Waals surface area (Å²) in [5, 5.41) is 15.8. The molecule has 0 aliphatic carbocycles. The summed E-state index contributed by atoms with van der Waals surface area (Å²) in [5.74, 6) is 0.0214. The highest BCUT2D eigenvalue weighted by molar-refractivity contribution is 5.95. The average molecular weight is 420 g/mol. The van der Waals surface area contributed by atoms with Gasteiger partial charge in [0.2, 0.25) is 0 Å². The van der Waals surface area contributed by atoms with Gasteiger partial charge in [-0.1, -0.05) is 60.2 Å². The van der Waals surface area contributed by atoms with Gasteiger partial charge in [0.25, 0.3) is 11.6 Å². The van der Waals surface area contributed by atoms with Crippen molar-refractivity contribution in [2.24, 2.45) is 0 Å². The van der Waals surface area contributed by atoms with Gasteiger partial charge in [0.1, 0.15) is 11.8 Å². The molecular weight excluding hydrogens is 394 g/mol. The van der Waals surface area contributed by atoms with Gasteiger partial charge in [-0.25, -0.2) is 0 Å². The van der Waals surface area contributed by atoms with Crippen LogP contribution in [0.25, 0.3) is 0 Å². The van der Waals surface area contributed by atoms with Crippen LogP contribution < -0.4 is 15.4 Å². The molecule has 0 radical (unpaired) electrons. The Hall–Kier alpha value is -3.71. The predicted molar refractivity (Wildman–Crippen MR) is 119 cm³/mol. The maximum absolute atomic E-state index is 12.9. The molecule has 0 bridgehead atoms. The van der Waals surface area contributed by atoms with Crippen LogP contribution in [0.1, 0.15) is 29.7 Å². The number of nitro benzene ring substituents is 1. The Balaban J connectivity index is 1.80. The Labute approximate surface area is 181 Å². The number of nitrogens with two attached hydrogens (primary N) is 1. The van der Waals surface area contributed by atoms with Crippen molar-refractivity contribution < 1.29 is 19.8 Å². The molecule has 0 heterocycles. The normalized spacial score (nSPS) is 12.6. The van der Waals surface area contributed by atoms with Crippen LogP contribution in [-0.2, 0) is 4.79 Å². The van der Waals surface area contributed by atoms with E-state index in [4.69, 9.17) is 4.74 Å². The molecule has 0 saturated carbocycles. The SMILES string of the molecule is COc1cc([N+](=O)[O-])ccc1NC(=O)[C@H](C)[NH2+][C@H](c1ccccc1)c1ccc(C)cc1. The fourth-order valence-electron chi connectivity index (χ4n) is 3.37. The second kappa shape index (κ2) is 9.86. The number of nitrogens with one attached hydrogen (secondary N) is 1. The molecule has 3 aromatic rings. The van der Waals surface area contributed by atoms with Gasteiger partial charge in [0.15, 0.2) is 6.04 Å². The molecule has 1 amide bonds. The van der Waals surface area contributed by atoms with Crippen LogP contribution >= 0.6 is 0 Å². The molecular formula is C24H26N3O4+. The van der Waals surface area contributed by atoms with Gasteiger partial charge >= 0.3 is 0 Å². The topological polar surface area (TPSA) is 98.1 Å². The Bertz CT molecular complexity index is 1050. The summed E-state index contributed by atoms with van der Waals surface area (Å²) in [6.07, 6.45) is 0. The number of nitro groups is 1. The van der Waals surface area contributed by atoms with E-state index in [0.717, 1.165) is 11.1 Å². The predicted octanol–water partition coefficient (Wildman–Crippen LogP) is 3.59. The molecule has 3 N–H and O–H groups in total. The van der Waals surface area contributed by atoms with E-state index in [9.17, 15) is 14.9 Å². The van der Waals surface area contributed by atoms with Crippen molar-refractivity contribution in [1.29, 1.82) is 0 Å². The summed E-state index contributed by atoms with van der Waals surface area (Å²) in [5.41, 5.74) is 3.66. The minimum Gasteiger partial charge on any atom is -0.494 e. The molecule has 0 spiro atoms. The van der Waals surface area contributed by atoms with Crippen LogP contribution in [-0.4, -0.2) is 24.0 Å². The third-order valence-corrected chi connectivity index (χ3v) is 5.14. The Morgan fingerprint density at radius 3 is 2.29 bits per heavy atom. The first-order valence-electron chi connectivity index (χ1n) is 9.99. The van der Waals surface area contributed by atoms with Crippen molar-refractivity contribution in [3.05, 3.63) is 99.6 Å². The highest BCUT2D eigenvalue weighted by atomic mass is 16.6.